The molecule has 0 aliphatic rings. The Balaban J connectivity index is 2.42. The van der Waals surface area contributed by atoms with Crippen LogP contribution in [0.25, 0.3) is 0 Å². The molecule has 0 radical (unpaired) electrons. The Kier molecular flexibility index (Phi) is 3.61. The molecule has 8 heteroatoms. The quantitative estimate of drug-likeness (QED) is 0.687. The summed E-state index contributed by atoms with van der Waals surface area (Å²) in [6.07, 6.45) is 1.27. The Morgan fingerprint density at radius 1 is 1.42 bits per heavy atom. The van der Waals surface area contributed by atoms with Crippen molar-refractivity contribution in [2.45, 2.75) is 6.92 Å². The molecule has 0 aliphatic heterocycles. The van der Waals surface area contributed by atoms with Crippen molar-refractivity contribution in [3.05, 3.63) is 44.7 Å². The van der Waals surface area contributed by atoms with E-state index in [0.717, 1.165) is 0 Å². The molecule has 0 saturated carbocycles. The molecule has 0 aliphatic carbocycles. The molecule has 98 valence electrons. The van der Waals surface area contributed by atoms with Gasteiger partial charge in [0.25, 0.3) is 5.69 Å². The van der Waals surface area contributed by atoms with Crippen LogP contribution in [0, 0.1) is 17.0 Å². The van der Waals surface area contributed by atoms with Crippen LogP contribution in [0.2, 0.25) is 0 Å². The van der Waals surface area contributed by atoms with Crippen LogP contribution in [-0.2, 0) is 0 Å². The van der Waals surface area contributed by atoms with Crippen molar-refractivity contribution in [3.63, 3.8) is 0 Å². The molecule has 2 rings (SSSR count). The van der Waals surface area contributed by atoms with Gasteiger partial charge in [-0.2, -0.15) is 0 Å². The second-order valence-corrected chi connectivity index (χ2v) is 4.43. The van der Waals surface area contributed by atoms with Crippen LogP contribution in [0.15, 0.2) is 29.0 Å². The first-order valence-electron chi connectivity index (χ1n) is 5.18. The van der Waals surface area contributed by atoms with Crippen LogP contribution in [0.3, 0.4) is 0 Å². The number of benzene rings is 1. The second kappa shape index (κ2) is 5.19. The number of anilines is 1. The minimum absolute atomic E-state index is 0.0859. The summed E-state index contributed by atoms with van der Waals surface area (Å²) in [7, 11) is 0. The SMILES string of the molecule is Cc1c(N)ncnc1Oc1cccc([N+](=O)[O-])c1Br. The summed E-state index contributed by atoms with van der Waals surface area (Å²) in [4.78, 5) is 18.1. The van der Waals surface area contributed by atoms with E-state index in [1.807, 2.05) is 0 Å². The highest BCUT2D eigenvalue weighted by molar-refractivity contribution is 9.10. The number of nitro benzene ring substituents is 1. The van der Waals surface area contributed by atoms with E-state index < -0.39 is 4.92 Å². The predicted octanol–water partition coefficient (Wildman–Crippen LogP) is 2.83. The summed E-state index contributed by atoms with van der Waals surface area (Å²) in [6, 6.07) is 4.49. The molecule has 1 heterocycles. The summed E-state index contributed by atoms with van der Waals surface area (Å²) in [6.45, 7) is 1.70. The van der Waals surface area contributed by atoms with Gasteiger partial charge in [-0.05, 0) is 28.9 Å². The van der Waals surface area contributed by atoms with E-state index in [4.69, 9.17) is 10.5 Å². The number of nitrogen functional groups attached to an aromatic ring is 1. The first kappa shape index (κ1) is 13.2. The van der Waals surface area contributed by atoms with E-state index in [0.29, 0.717) is 11.4 Å². The fourth-order valence-electron chi connectivity index (χ4n) is 1.37. The van der Waals surface area contributed by atoms with E-state index >= 15 is 0 Å². The molecule has 2 aromatic rings. The molecular formula is C11H9BrN4O3. The van der Waals surface area contributed by atoms with E-state index in [1.54, 1.807) is 13.0 Å². The van der Waals surface area contributed by atoms with Gasteiger partial charge in [0.1, 0.15) is 16.6 Å². The number of nitro groups is 1. The maximum absolute atomic E-state index is 10.8. The Bertz CT molecular complexity index is 648. The molecule has 19 heavy (non-hydrogen) atoms. The molecule has 0 saturated heterocycles. The zero-order valence-corrected chi connectivity index (χ0v) is 11.4. The highest BCUT2D eigenvalue weighted by Crippen LogP contribution is 2.36. The standard InChI is InChI=1S/C11H9BrN4O3/c1-6-10(13)14-5-15-11(6)19-8-4-2-3-7(9(8)12)16(17)18/h2-5H,1H3,(H2,13,14,15). The molecule has 0 spiro atoms. The van der Waals surface area contributed by atoms with Crippen molar-refractivity contribution in [1.29, 1.82) is 0 Å². The van der Waals surface area contributed by atoms with Gasteiger partial charge in [-0.3, -0.25) is 10.1 Å². The third-order valence-electron chi connectivity index (χ3n) is 2.42. The van der Waals surface area contributed by atoms with Gasteiger partial charge >= 0.3 is 0 Å². The largest absolute Gasteiger partial charge is 0.437 e. The lowest BCUT2D eigenvalue weighted by Gasteiger charge is -2.09. The zero-order valence-electron chi connectivity index (χ0n) is 9.83. The first-order chi connectivity index (χ1) is 9.00. The fourth-order valence-corrected chi connectivity index (χ4v) is 1.86. The van der Waals surface area contributed by atoms with E-state index in [-0.39, 0.29) is 21.8 Å². The van der Waals surface area contributed by atoms with Crippen molar-refractivity contribution in [3.8, 4) is 11.6 Å². The van der Waals surface area contributed by atoms with Gasteiger partial charge in [0, 0.05) is 6.07 Å². The van der Waals surface area contributed by atoms with Crippen molar-refractivity contribution in [1.82, 2.24) is 9.97 Å². The monoisotopic (exact) mass is 324 g/mol. The van der Waals surface area contributed by atoms with Gasteiger partial charge in [-0.25, -0.2) is 9.97 Å². The van der Waals surface area contributed by atoms with Gasteiger partial charge in [-0.15, -0.1) is 0 Å². The van der Waals surface area contributed by atoms with Crippen LogP contribution < -0.4 is 10.5 Å². The van der Waals surface area contributed by atoms with Gasteiger partial charge < -0.3 is 10.5 Å². The molecule has 0 unspecified atom stereocenters. The van der Waals surface area contributed by atoms with Crippen molar-refractivity contribution in [2.24, 2.45) is 0 Å². The molecule has 1 aromatic heterocycles. The van der Waals surface area contributed by atoms with Crippen molar-refractivity contribution < 1.29 is 9.66 Å². The summed E-state index contributed by atoms with van der Waals surface area (Å²) in [5, 5.41) is 10.8. The highest BCUT2D eigenvalue weighted by Gasteiger charge is 2.17. The summed E-state index contributed by atoms with van der Waals surface area (Å²) in [5.41, 5.74) is 6.12. The Morgan fingerprint density at radius 3 is 2.84 bits per heavy atom. The number of rotatable bonds is 3. The van der Waals surface area contributed by atoms with Gasteiger partial charge in [0.05, 0.1) is 10.5 Å². The molecule has 7 nitrogen and oxygen atoms in total. The maximum atomic E-state index is 10.8. The number of halogens is 1. The topological polar surface area (TPSA) is 104 Å². The Labute approximate surface area is 116 Å². The van der Waals surface area contributed by atoms with Crippen LogP contribution >= 0.6 is 15.9 Å². The third-order valence-corrected chi connectivity index (χ3v) is 3.22. The zero-order chi connectivity index (χ0) is 14.0. The lowest BCUT2D eigenvalue weighted by atomic mass is 10.3. The van der Waals surface area contributed by atoms with Crippen LogP contribution in [0.1, 0.15) is 5.56 Å². The third kappa shape index (κ3) is 2.63. The number of ether oxygens (including phenoxy) is 1. The van der Waals surface area contributed by atoms with E-state index in [1.165, 1.54) is 18.5 Å². The van der Waals surface area contributed by atoms with Crippen molar-refractivity contribution >= 4 is 27.4 Å². The second-order valence-electron chi connectivity index (χ2n) is 3.64. The van der Waals surface area contributed by atoms with Crippen LogP contribution in [-0.4, -0.2) is 14.9 Å². The number of nitrogens with zero attached hydrogens (tertiary/aromatic N) is 3. The highest BCUT2D eigenvalue weighted by atomic mass is 79.9. The maximum Gasteiger partial charge on any atom is 0.287 e. The molecule has 2 N–H and O–H groups in total. The molecule has 0 fully saturated rings. The number of nitrogens with two attached hydrogens (primary N) is 1. The lowest BCUT2D eigenvalue weighted by molar-refractivity contribution is -0.385. The van der Waals surface area contributed by atoms with E-state index in [9.17, 15) is 10.1 Å². The van der Waals surface area contributed by atoms with Gasteiger partial charge in [0.15, 0.2) is 5.75 Å². The number of hydrogen-bond acceptors (Lipinski definition) is 6. The van der Waals surface area contributed by atoms with Crippen molar-refractivity contribution in [2.75, 3.05) is 5.73 Å². The molecule has 0 atom stereocenters. The molecule has 1 aromatic carbocycles. The molecule has 0 amide bonds. The molecule has 0 bridgehead atoms. The average Bonchev–Trinajstić information content (AvgIpc) is 2.37. The van der Waals surface area contributed by atoms with Crippen LogP contribution in [0.4, 0.5) is 11.5 Å². The first-order valence-corrected chi connectivity index (χ1v) is 5.98. The molecular weight excluding hydrogens is 316 g/mol. The van der Waals surface area contributed by atoms with Gasteiger partial charge in [-0.1, -0.05) is 6.07 Å². The fraction of sp³-hybridized carbons (Fsp3) is 0.0909. The van der Waals surface area contributed by atoms with Crippen LogP contribution in [0.5, 0.6) is 11.6 Å². The normalized spacial score (nSPS) is 10.2. The minimum Gasteiger partial charge on any atom is -0.437 e. The van der Waals surface area contributed by atoms with Gasteiger partial charge in [0.2, 0.25) is 5.88 Å². The summed E-state index contributed by atoms with van der Waals surface area (Å²) >= 11 is 3.14. The Hall–Kier alpha value is -2.22. The lowest BCUT2D eigenvalue weighted by Crippen LogP contribution is -2.00. The minimum atomic E-state index is -0.502. The van der Waals surface area contributed by atoms with E-state index in [2.05, 4.69) is 25.9 Å². The smallest absolute Gasteiger partial charge is 0.287 e. The predicted molar refractivity (Wildman–Crippen MR) is 72.1 cm³/mol. The Morgan fingerprint density at radius 2 is 2.16 bits per heavy atom. The summed E-state index contributed by atoms with van der Waals surface area (Å²) < 4.78 is 5.78. The summed E-state index contributed by atoms with van der Waals surface area (Å²) in [5.74, 6) is 0.843. The number of hydrogen-bond donors (Lipinski definition) is 1. The average molecular weight is 325 g/mol. The number of aromatic nitrogens is 2.